The van der Waals surface area contributed by atoms with Gasteiger partial charge in [-0.1, -0.05) is 27.7 Å². The zero-order valence-corrected chi connectivity index (χ0v) is 31.0. The standard InChI is InChI=1S/C33H59N9O10/c1-16(2)24(32(50)42-15-9-11-22(42)30(48)40-25(17(3)4)33(51)52)39-31(49)26(19(6)43)41-29(47)21(12-13-23(36)44)38-28(46)20(10-7-8-14-34)37-27(45)18(5)35/h16-22,24-26,43H,7-15,34-35H2,1-6H3,(H2,36,44)(H,37,45)(H,38,46)(H,39,49)(H,40,48)(H,41,47)(H,51,52)/t18-,19+,20-,21-,22-,24-,25-,26-/m0/s1. The summed E-state index contributed by atoms with van der Waals surface area (Å²) in [4.78, 5) is 104. The molecule has 0 unspecified atom stereocenters. The summed E-state index contributed by atoms with van der Waals surface area (Å²) in [6.45, 7) is 9.72. The van der Waals surface area contributed by atoms with Crippen molar-refractivity contribution in [2.45, 2.75) is 135 Å². The molecule has 1 fully saturated rings. The van der Waals surface area contributed by atoms with E-state index in [-0.39, 0.29) is 32.2 Å². The van der Waals surface area contributed by atoms with Gasteiger partial charge < -0.3 is 58.9 Å². The van der Waals surface area contributed by atoms with E-state index >= 15 is 0 Å². The minimum atomic E-state index is -1.65. The number of primary amides is 1. The van der Waals surface area contributed by atoms with Crippen LogP contribution in [0.15, 0.2) is 0 Å². The molecule has 296 valence electrons. The molecule has 19 heteroatoms. The zero-order valence-electron chi connectivity index (χ0n) is 31.0. The lowest BCUT2D eigenvalue weighted by molar-refractivity contribution is -0.146. The Labute approximate surface area is 304 Å². The highest BCUT2D eigenvalue weighted by Crippen LogP contribution is 2.21. The van der Waals surface area contributed by atoms with Crippen molar-refractivity contribution in [3.63, 3.8) is 0 Å². The number of aliphatic hydroxyl groups excluding tert-OH is 1. The molecule has 1 aliphatic heterocycles. The van der Waals surface area contributed by atoms with Crippen LogP contribution in [-0.2, 0) is 38.4 Å². The molecule has 52 heavy (non-hydrogen) atoms. The molecule has 0 aromatic heterocycles. The quantitative estimate of drug-likeness (QED) is 0.0494. The number of amides is 7. The molecule has 19 nitrogen and oxygen atoms in total. The number of nitrogens with zero attached hydrogens (tertiary/aromatic N) is 1. The Morgan fingerprint density at radius 3 is 1.77 bits per heavy atom. The number of unbranched alkanes of at least 4 members (excludes halogenated alkanes) is 1. The van der Waals surface area contributed by atoms with E-state index in [1.807, 2.05) is 0 Å². The van der Waals surface area contributed by atoms with Crippen LogP contribution in [0.4, 0.5) is 0 Å². The van der Waals surface area contributed by atoms with Crippen LogP contribution in [0.5, 0.6) is 0 Å². The fraction of sp³-hybridized carbons (Fsp3) is 0.758. The van der Waals surface area contributed by atoms with Crippen LogP contribution in [0.2, 0.25) is 0 Å². The van der Waals surface area contributed by atoms with E-state index in [0.29, 0.717) is 25.8 Å². The first-order chi connectivity index (χ1) is 24.2. The van der Waals surface area contributed by atoms with Crippen LogP contribution in [0.25, 0.3) is 0 Å². The maximum atomic E-state index is 13.8. The van der Waals surface area contributed by atoms with Crippen molar-refractivity contribution < 1.29 is 48.6 Å². The summed E-state index contributed by atoms with van der Waals surface area (Å²) in [5.41, 5.74) is 16.5. The topological polar surface area (TPSA) is 318 Å². The molecule has 0 aromatic carbocycles. The van der Waals surface area contributed by atoms with Crippen molar-refractivity contribution in [3.8, 4) is 0 Å². The van der Waals surface area contributed by atoms with Gasteiger partial charge >= 0.3 is 5.97 Å². The first-order valence-electron chi connectivity index (χ1n) is 17.7. The molecule has 0 spiro atoms. The smallest absolute Gasteiger partial charge is 0.326 e. The number of aliphatic hydroxyl groups is 1. The first-order valence-corrected chi connectivity index (χ1v) is 17.7. The second-order valence-corrected chi connectivity index (χ2v) is 13.9. The molecular weight excluding hydrogens is 682 g/mol. The fourth-order valence-electron chi connectivity index (χ4n) is 5.55. The molecule has 0 aliphatic carbocycles. The molecule has 1 rings (SSSR count). The van der Waals surface area contributed by atoms with Gasteiger partial charge in [-0.25, -0.2) is 4.79 Å². The number of nitrogens with two attached hydrogens (primary N) is 3. The molecule has 1 aliphatic rings. The SMILES string of the molecule is CC(C)[C@H](NC(=O)[C@@H]1CCCN1C(=O)[C@@H](NC(=O)[C@@H](NC(=O)[C@H](CCC(N)=O)NC(=O)[C@H](CCCCN)NC(=O)[C@H](C)N)[C@@H](C)O)C(C)C)C(=O)O. The predicted octanol–water partition coefficient (Wildman–Crippen LogP) is -3.08. The Bertz CT molecular complexity index is 1280. The molecule has 8 atom stereocenters. The van der Waals surface area contributed by atoms with E-state index in [0.717, 1.165) is 0 Å². The van der Waals surface area contributed by atoms with Crippen LogP contribution in [0.1, 0.15) is 86.5 Å². The highest BCUT2D eigenvalue weighted by molar-refractivity contribution is 5.97. The third kappa shape index (κ3) is 14.3. The Balaban J connectivity index is 3.22. The molecular formula is C33H59N9O10. The summed E-state index contributed by atoms with van der Waals surface area (Å²) in [6.07, 6.45) is -0.256. The highest BCUT2D eigenvalue weighted by Gasteiger charge is 2.41. The Kier molecular flexibility index (Phi) is 19.2. The molecule has 0 radical (unpaired) electrons. The van der Waals surface area contributed by atoms with Gasteiger partial charge in [0.2, 0.25) is 41.4 Å². The summed E-state index contributed by atoms with van der Waals surface area (Å²) in [6, 6.07) is -8.50. The lowest BCUT2D eigenvalue weighted by Crippen LogP contribution is -2.62. The molecule has 13 N–H and O–H groups in total. The van der Waals surface area contributed by atoms with Gasteiger partial charge in [0.25, 0.3) is 0 Å². The number of carboxylic acids is 1. The summed E-state index contributed by atoms with van der Waals surface area (Å²) in [5, 5.41) is 32.5. The maximum absolute atomic E-state index is 13.8. The van der Waals surface area contributed by atoms with Gasteiger partial charge in [-0.3, -0.25) is 33.6 Å². The fourth-order valence-corrected chi connectivity index (χ4v) is 5.55. The Morgan fingerprint density at radius 1 is 0.731 bits per heavy atom. The van der Waals surface area contributed by atoms with Gasteiger partial charge in [-0.05, 0) is 70.8 Å². The number of hydrogen-bond acceptors (Lipinski definition) is 11. The van der Waals surface area contributed by atoms with E-state index < -0.39 is 108 Å². The summed E-state index contributed by atoms with van der Waals surface area (Å²) < 4.78 is 0. The van der Waals surface area contributed by atoms with Gasteiger partial charge in [-0.2, -0.15) is 0 Å². The highest BCUT2D eigenvalue weighted by atomic mass is 16.4. The zero-order chi connectivity index (χ0) is 39.9. The van der Waals surface area contributed by atoms with Crippen molar-refractivity contribution in [2.75, 3.05) is 13.1 Å². The average molecular weight is 742 g/mol. The third-order valence-electron chi connectivity index (χ3n) is 8.67. The summed E-state index contributed by atoms with van der Waals surface area (Å²) in [5.74, 6) is -7.51. The molecule has 0 aromatic rings. The second kappa shape index (κ2) is 21.9. The van der Waals surface area contributed by atoms with Crippen molar-refractivity contribution in [2.24, 2.45) is 29.0 Å². The van der Waals surface area contributed by atoms with Crippen molar-refractivity contribution >= 4 is 47.3 Å². The lowest BCUT2D eigenvalue weighted by Gasteiger charge is -2.32. The van der Waals surface area contributed by atoms with Crippen LogP contribution < -0.4 is 43.8 Å². The number of aliphatic carboxylic acids is 1. The van der Waals surface area contributed by atoms with Crippen LogP contribution >= 0.6 is 0 Å². The number of nitrogens with one attached hydrogen (secondary N) is 5. The number of carbonyl (C=O) groups is 8. The first kappa shape index (κ1) is 45.7. The molecule has 1 saturated heterocycles. The lowest BCUT2D eigenvalue weighted by atomic mass is 10.00. The van der Waals surface area contributed by atoms with E-state index in [1.165, 1.54) is 18.7 Å². The second-order valence-electron chi connectivity index (χ2n) is 13.9. The van der Waals surface area contributed by atoms with E-state index in [4.69, 9.17) is 17.2 Å². The average Bonchev–Trinajstić information content (AvgIpc) is 3.55. The van der Waals surface area contributed by atoms with Crippen molar-refractivity contribution in [1.82, 2.24) is 31.5 Å². The van der Waals surface area contributed by atoms with Gasteiger partial charge in [0.1, 0.15) is 36.3 Å². The van der Waals surface area contributed by atoms with Crippen molar-refractivity contribution in [1.29, 1.82) is 0 Å². The van der Waals surface area contributed by atoms with E-state index in [9.17, 15) is 48.6 Å². The maximum Gasteiger partial charge on any atom is 0.326 e. The number of likely N-dealkylation sites (tertiary alicyclic amines) is 1. The van der Waals surface area contributed by atoms with Gasteiger partial charge in [0.05, 0.1) is 12.1 Å². The number of carbonyl (C=O) groups excluding carboxylic acids is 7. The number of rotatable bonds is 22. The van der Waals surface area contributed by atoms with Gasteiger partial charge in [-0.15, -0.1) is 0 Å². The normalized spacial score (nSPS) is 18.3. The molecule has 0 bridgehead atoms. The van der Waals surface area contributed by atoms with E-state index in [1.54, 1.807) is 27.7 Å². The summed E-state index contributed by atoms with van der Waals surface area (Å²) >= 11 is 0. The minimum absolute atomic E-state index is 0.159. The van der Waals surface area contributed by atoms with E-state index in [2.05, 4.69) is 26.6 Å². The van der Waals surface area contributed by atoms with Crippen LogP contribution in [0.3, 0.4) is 0 Å². The van der Waals surface area contributed by atoms with Crippen molar-refractivity contribution in [3.05, 3.63) is 0 Å². The summed E-state index contributed by atoms with van der Waals surface area (Å²) in [7, 11) is 0. The van der Waals surface area contributed by atoms with Gasteiger partial charge in [0.15, 0.2) is 0 Å². The molecule has 0 saturated carbocycles. The van der Waals surface area contributed by atoms with Crippen LogP contribution in [0, 0.1) is 11.8 Å². The predicted molar refractivity (Wildman–Crippen MR) is 188 cm³/mol. The minimum Gasteiger partial charge on any atom is -0.480 e. The number of carboxylic acid groups (broad SMARTS) is 1. The number of hydrogen-bond donors (Lipinski definition) is 10. The molecule has 1 heterocycles. The Morgan fingerprint density at radius 2 is 1.27 bits per heavy atom. The van der Waals surface area contributed by atoms with Gasteiger partial charge in [0, 0.05) is 13.0 Å². The molecule has 7 amide bonds. The van der Waals surface area contributed by atoms with Crippen LogP contribution in [-0.4, -0.2) is 124 Å². The Hall–Kier alpha value is -4.36. The monoisotopic (exact) mass is 741 g/mol. The largest absolute Gasteiger partial charge is 0.480 e. The third-order valence-corrected chi connectivity index (χ3v) is 8.67.